The molecule has 3 heterocycles. The van der Waals surface area contributed by atoms with E-state index in [4.69, 9.17) is 9.47 Å². The molecule has 6 heteroatoms. The second-order valence-electron chi connectivity index (χ2n) is 5.83. The Kier molecular flexibility index (Phi) is 4.55. The molecule has 2 aliphatic heterocycles. The van der Waals surface area contributed by atoms with Gasteiger partial charge in [-0.3, -0.25) is 0 Å². The molecule has 21 heavy (non-hydrogen) atoms. The van der Waals surface area contributed by atoms with E-state index in [1.54, 1.807) is 20.5 Å². The largest absolute Gasteiger partial charge is 0.481 e. The fourth-order valence-corrected chi connectivity index (χ4v) is 3.36. The molecule has 1 aromatic rings. The highest BCUT2D eigenvalue weighted by atomic mass is 16.5. The van der Waals surface area contributed by atoms with E-state index in [0.717, 1.165) is 25.3 Å². The number of methoxy groups -OCH3 is 2. The first-order valence-corrected chi connectivity index (χ1v) is 7.68. The molecule has 116 valence electrons. The van der Waals surface area contributed by atoms with Crippen LogP contribution in [0.3, 0.4) is 0 Å². The van der Waals surface area contributed by atoms with Crippen LogP contribution in [0, 0.1) is 0 Å². The van der Waals surface area contributed by atoms with Crippen molar-refractivity contribution in [2.45, 2.75) is 31.4 Å². The van der Waals surface area contributed by atoms with Crippen LogP contribution in [-0.4, -0.2) is 67.4 Å². The SMILES string of the molecule is COc1cc(N2C[C@@H](OC)C[C@H]2CN2CCCC2)ncn1. The highest BCUT2D eigenvalue weighted by molar-refractivity contribution is 5.44. The molecule has 6 nitrogen and oxygen atoms in total. The van der Waals surface area contributed by atoms with Crippen molar-refractivity contribution in [1.82, 2.24) is 14.9 Å². The van der Waals surface area contributed by atoms with Crippen LogP contribution in [0.1, 0.15) is 19.3 Å². The molecule has 0 N–H and O–H groups in total. The molecule has 3 rings (SSSR count). The highest BCUT2D eigenvalue weighted by Gasteiger charge is 2.34. The van der Waals surface area contributed by atoms with Crippen LogP contribution in [0.15, 0.2) is 12.4 Å². The molecule has 0 spiro atoms. The van der Waals surface area contributed by atoms with Gasteiger partial charge in [-0.25, -0.2) is 9.97 Å². The van der Waals surface area contributed by atoms with Crippen LogP contribution in [0.25, 0.3) is 0 Å². The summed E-state index contributed by atoms with van der Waals surface area (Å²) in [5, 5.41) is 0. The molecule has 1 aromatic heterocycles. The van der Waals surface area contributed by atoms with E-state index in [2.05, 4.69) is 19.8 Å². The first kappa shape index (κ1) is 14.5. The van der Waals surface area contributed by atoms with Crippen molar-refractivity contribution in [1.29, 1.82) is 0 Å². The molecule has 0 unspecified atom stereocenters. The third-order valence-electron chi connectivity index (χ3n) is 4.51. The lowest BCUT2D eigenvalue weighted by molar-refractivity contribution is 0.116. The molecule has 0 aliphatic carbocycles. The van der Waals surface area contributed by atoms with Gasteiger partial charge in [0.1, 0.15) is 12.1 Å². The quantitative estimate of drug-likeness (QED) is 0.812. The van der Waals surface area contributed by atoms with Crippen LogP contribution in [0.5, 0.6) is 5.88 Å². The second-order valence-corrected chi connectivity index (χ2v) is 5.83. The zero-order chi connectivity index (χ0) is 14.7. The molecule has 2 atom stereocenters. The molecule has 2 fully saturated rings. The van der Waals surface area contributed by atoms with E-state index >= 15 is 0 Å². The van der Waals surface area contributed by atoms with Crippen molar-refractivity contribution >= 4 is 5.82 Å². The number of hydrogen-bond donors (Lipinski definition) is 0. The summed E-state index contributed by atoms with van der Waals surface area (Å²) in [6.45, 7) is 4.41. The third kappa shape index (κ3) is 3.27. The maximum Gasteiger partial charge on any atom is 0.218 e. The summed E-state index contributed by atoms with van der Waals surface area (Å²) in [5.41, 5.74) is 0. The Balaban J connectivity index is 1.75. The van der Waals surface area contributed by atoms with Gasteiger partial charge in [0.2, 0.25) is 5.88 Å². The average molecular weight is 292 g/mol. The third-order valence-corrected chi connectivity index (χ3v) is 4.51. The minimum Gasteiger partial charge on any atom is -0.481 e. The summed E-state index contributed by atoms with van der Waals surface area (Å²) in [6, 6.07) is 2.36. The van der Waals surface area contributed by atoms with Crippen LogP contribution in [-0.2, 0) is 4.74 Å². The summed E-state index contributed by atoms with van der Waals surface area (Å²) in [7, 11) is 3.43. The summed E-state index contributed by atoms with van der Waals surface area (Å²) in [5.74, 6) is 1.55. The summed E-state index contributed by atoms with van der Waals surface area (Å²) < 4.78 is 10.8. The standard InChI is InChI=1S/C15H24N4O2/c1-20-13-7-12(9-18-5-3-4-6-18)19(10-13)14-8-15(21-2)17-11-16-14/h8,11-13H,3-7,9-10H2,1-2H3/t12-,13-/m0/s1. The van der Waals surface area contributed by atoms with Gasteiger partial charge in [-0.2, -0.15) is 0 Å². The van der Waals surface area contributed by atoms with Crippen LogP contribution in [0.2, 0.25) is 0 Å². The van der Waals surface area contributed by atoms with Crippen molar-refractivity contribution in [3.05, 3.63) is 12.4 Å². The van der Waals surface area contributed by atoms with Gasteiger partial charge in [0, 0.05) is 32.3 Å². The summed E-state index contributed by atoms with van der Waals surface area (Å²) in [6.07, 6.45) is 5.54. The minimum atomic E-state index is 0.276. The molecule has 0 amide bonds. The maximum atomic E-state index is 5.58. The van der Waals surface area contributed by atoms with E-state index in [-0.39, 0.29) is 6.10 Å². The Hall–Kier alpha value is -1.40. The number of anilines is 1. The van der Waals surface area contributed by atoms with E-state index in [9.17, 15) is 0 Å². The van der Waals surface area contributed by atoms with Crippen molar-refractivity contribution in [2.75, 3.05) is 45.3 Å². The minimum absolute atomic E-state index is 0.276. The lowest BCUT2D eigenvalue weighted by atomic mass is 10.2. The van der Waals surface area contributed by atoms with E-state index < -0.39 is 0 Å². The van der Waals surface area contributed by atoms with Crippen LogP contribution < -0.4 is 9.64 Å². The number of aromatic nitrogens is 2. The Morgan fingerprint density at radius 1 is 1.24 bits per heavy atom. The number of likely N-dealkylation sites (tertiary alicyclic amines) is 1. The van der Waals surface area contributed by atoms with E-state index in [0.29, 0.717) is 11.9 Å². The lowest BCUT2D eigenvalue weighted by Crippen LogP contribution is -2.39. The fourth-order valence-electron chi connectivity index (χ4n) is 3.36. The van der Waals surface area contributed by atoms with Crippen LogP contribution >= 0.6 is 0 Å². The normalized spacial score (nSPS) is 26.5. The van der Waals surface area contributed by atoms with Gasteiger partial charge in [-0.05, 0) is 32.4 Å². The molecular weight excluding hydrogens is 268 g/mol. The molecule has 0 bridgehead atoms. The monoisotopic (exact) mass is 292 g/mol. The Morgan fingerprint density at radius 3 is 2.76 bits per heavy atom. The smallest absolute Gasteiger partial charge is 0.218 e. The molecule has 2 aliphatic rings. The topological polar surface area (TPSA) is 50.7 Å². The summed E-state index contributed by atoms with van der Waals surface area (Å²) >= 11 is 0. The van der Waals surface area contributed by atoms with Gasteiger partial charge in [-0.1, -0.05) is 0 Å². The fraction of sp³-hybridized carbons (Fsp3) is 0.733. The van der Waals surface area contributed by atoms with Gasteiger partial charge in [0.25, 0.3) is 0 Å². The Labute approximate surface area is 126 Å². The van der Waals surface area contributed by atoms with Gasteiger partial charge in [-0.15, -0.1) is 0 Å². The lowest BCUT2D eigenvalue weighted by Gasteiger charge is -2.29. The highest BCUT2D eigenvalue weighted by Crippen LogP contribution is 2.28. The van der Waals surface area contributed by atoms with Crippen molar-refractivity contribution < 1.29 is 9.47 Å². The van der Waals surface area contributed by atoms with E-state index in [1.165, 1.54) is 25.9 Å². The zero-order valence-corrected chi connectivity index (χ0v) is 12.9. The molecule has 0 aromatic carbocycles. The predicted molar refractivity (Wildman–Crippen MR) is 80.8 cm³/mol. The number of hydrogen-bond acceptors (Lipinski definition) is 6. The number of rotatable bonds is 5. The Bertz CT molecular complexity index is 465. The molecule has 0 saturated carbocycles. The van der Waals surface area contributed by atoms with Gasteiger partial charge >= 0.3 is 0 Å². The first-order valence-electron chi connectivity index (χ1n) is 7.68. The number of ether oxygens (including phenoxy) is 2. The van der Waals surface area contributed by atoms with Crippen molar-refractivity contribution in [3.63, 3.8) is 0 Å². The zero-order valence-electron chi connectivity index (χ0n) is 12.9. The van der Waals surface area contributed by atoms with Crippen molar-refractivity contribution in [3.8, 4) is 5.88 Å². The molecule has 2 saturated heterocycles. The maximum absolute atomic E-state index is 5.58. The summed E-state index contributed by atoms with van der Waals surface area (Å²) in [4.78, 5) is 13.4. The second kappa shape index (κ2) is 6.58. The van der Waals surface area contributed by atoms with Crippen LogP contribution in [0.4, 0.5) is 5.82 Å². The van der Waals surface area contributed by atoms with Gasteiger partial charge in [0.05, 0.1) is 13.2 Å². The van der Waals surface area contributed by atoms with Gasteiger partial charge < -0.3 is 19.3 Å². The molecular formula is C15H24N4O2. The van der Waals surface area contributed by atoms with Crippen molar-refractivity contribution in [2.24, 2.45) is 0 Å². The Morgan fingerprint density at radius 2 is 2.05 bits per heavy atom. The van der Waals surface area contributed by atoms with E-state index in [1.807, 2.05) is 6.07 Å². The molecule has 0 radical (unpaired) electrons. The number of nitrogens with zero attached hydrogens (tertiary/aromatic N) is 4. The predicted octanol–water partition coefficient (Wildman–Crippen LogP) is 1.17. The van der Waals surface area contributed by atoms with Gasteiger partial charge in [0.15, 0.2) is 0 Å². The first-order chi connectivity index (χ1) is 10.3. The average Bonchev–Trinajstić information content (AvgIpc) is 3.17.